The number of aliphatic hydroxyl groups is 1. The predicted octanol–water partition coefficient (Wildman–Crippen LogP) is 5.23. The van der Waals surface area contributed by atoms with Gasteiger partial charge in [-0.1, -0.05) is 43.3 Å². The second-order valence-corrected chi connectivity index (χ2v) is 12.5. The molecule has 1 atom stereocenters. The minimum absolute atomic E-state index is 0.454. The van der Waals surface area contributed by atoms with Crippen molar-refractivity contribution >= 4 is 8.32 Å². The third-order valence-corrected chi connectivity index (χ3v) is 5.70. The van der Waals surface area contributed by atoms with Crippen molar-refractivity contribution in [3.8, 4) is 5.75 Å². The fourth-order valence-corrected chi connectivity index (χ4v) is 4.38. The van der Waals surface area contributed by atoms with E-state index in [2.05, 4.69) is 56.0 Å². The summed E-state index contributed by atoms with van der Waals surface area (Å²) >= 11 is 0. The van der Waals surface area contributed by atoms with Crippen molar-refractivity contribution < 1.29 is 9.53 Å². The first-order chi connectivity index (χ1) is 11.9. The molecule has 0 spiro atoms. The summed E-state index contributed by atoms with van der Waals surface area (Å²) in [7, 11) is -1.77. The summed E-state index contributed by atoms with van der Waals surface area (Å²) in [5.41, 5.74) is 6.23. The van der Waals surface area contributed by atoms with Gasteiger partial charge in [0.1, 0.15) is 5.75 Å². The quantitative estimate of drug-likeness (QED) is 0.762. The maximum Gasteiger partial charge on any atom is 0.242 e. The van der Waals surface area contributed by atoms with Gasteiger partial charge in [-0.15, -0.1) is 0 Å². The number of benzene rings is 2. The van der Waals surface area contributed by atoms with Gasteiger partial charge in [0.15, 0.2) is 0 Å². The third kappa shape index (κ3) is 4.34. The summed E-state index contributed by atoms with van der Waals surface area (Å²) in [5, 5.41) is 10.8. The van der Waals surface area contributed by atoms with Crippen LogP contribution in [0.15, 0.2) is 36.4 Å². The molecule has 0 aromatic heterocycles. The van der Waals surface area contributed by atoms with Gasteiger partial charge in [-0.25, -0.2) is 0 Å². The van der Waals surface area contributed by atoms with E-state index in [1.165, 1.54) is 22.3 Å². The van der Waals surface area contributed by atoms with Gasteiger partial charge in [-0.05, 0) is 74.0 Å². The standard InChI is InChI=1S/C22H30O2Si/c1-5-20(23)21-18-12-10-16-6-8-17(9-7-16)11-13-19(15-14-18)22(21)24-25(2,3)4/h6-9,14-15,20,23H,5,10-13H2,1-4H3. The zero-order chi connectivity index (χ0) is 18.0. The van der Waals surface area contributed by atoms with Crippen LogP contribution in [-0.4, -0.2) is 13.4 Å². The molecule has 0 aliphatic heterocycles. The van der Waals surface area contributed by atoms with E-state index in [0.29, 0.717) is 6.42 Å². The second-order valence-electron chi connectivity index (χ2n) is 8.08. The Labute approximate surface area is 153 Å². The van der Waals surface area contributed by atoms with Crippen molar-refractivity contribution in [1.29, 1.82) is 0 Å². The van der Waals surface area contributed by atoms with E-state index in [9.17, 15) is 5.11 Å². The van der Waals surface area contributed by atoms with Gasteiger partial charge >= 0.3 is 0 Å². The molecule has 2 aromatic carbocycles. The van der Waals surface area contributed by atoms with Crippen LogP contribution in [0.25, 0.3) is 0 Å². The summed E-state index contributed by atoms with van der Waals surface area (Å²) in [6, 6.07) is 13.4. The lowest BCUT2D eigenvalue weighted by Crippen LogP contribution is -2.31. The summed E-state index contributed by atoms with van der Waals surface area (Å²) in [6.07, 6.45) is 4.15. The van der Waals surface area contributed by atoms with Crippen LogP contribution < -0.4 is 4.43 Å². The van der Waals surface area contributed by atoms with Gasteiger partial charge in [0.25, 0.3) is 0 Å². The predicted molar refractivity (Wildman–Crippen MR) is 107 cm³/mol. The average Bonchev–Trinajstić information content (AvgIpc) is 2.56. The molecule has 0 saturated carbocycles. The molecular formula is C22H30O2Si. The smallest absolute Gasteiger partial charge is 0.242 e. The summed E-state index contributed by atoms with van der Waals surface area (Å²) in [6.45, 7) is 8.69. The Morgan fingerprint density at radius 1 is 0.880 bits per heavy atom. The largest absolute Gasteiger partial charge is 0.544 e. The molecular weight excluding hydrogens is 324 g/mol. The van der Waals surface area contributed by atoms with Crippen LogP contribution in [0, 0.1) is 0 Å². The number of aryl methyl sites for hydroxylation is 4. The minimum atomic E-state index is -1.77. The Bertz CT molecular complexity index is 729. The molecule has 134 valence electrons. The Hall–Kier alpha value is -1.58. The number of rotatable bonds is 4. The van der Waals surface area contributed by atoms with E-state index in [-0.39, 0.29) is 0 Å². The number of aliphatic hydroxyl groups excluding tert-OH is 1. The molecule has 1 N–H and O–H groups in total. The van der Waals surface area contributed by atoms with Gasteiger partial charge in [-0.3, -0.25) is 0 Å². The topological polar surface area (TPSA) is 29.5 Å². The highest BCUT2D eigenvalue weighted by molar-refractivity contribution is 6.70. The highest BCUT2D eigenvalue weighted by Crippen LogP contribution is 2.37. The molecule has 4 aliphatic carbocycles. The molecule has 1 unspecified atom stereocenters. The summed E-state index contributed by atoms with van der Waals surface area (Å²) in [4.78, 5) is 0. The van der Waals surface area contributed by atoms with Crippen LogP contribution in [0.4, 0.5) is 0 Å². The van der Waals surface area contributed by atoms with Crippen LogP contribution >= 0.6 is 0 Å². The SMILES string of the molecule is CCC(O)c1c2ccc(c1O[Si](C)(C)C)CCc1ccc(cc1)CC2. The maximum absolute atomic E-state index is 10.8. The van der Waals surface area contributed by atoms with Gasteiger partial charge in [0.2, 0.25) is 8.32 Å². The van der Waals surface area contributed by atoms with Crippen LogP contribution in [-0.2, 0) is 25.7 Å². The minimum Gasteiger partial charge on any atom is -0.544 e. The molecule has 0 saturated heterocycles. The zero-order valence-corrected chi connectivity index (χ0v) is 16.9. The van der Waals surface area contributed by atoms with Crippen LogP contribution in [0.5, 0.6) is 5.75 Å². The molecule has 4 bridgehead atoms. The Morgan fingerprint density at radius 3 is 1.92 bits per heavy atom. The number of hydrogen-bond acceptors (Lipinski definition) is 2. The van der Waals surface area contributed by atoms with E-state index in [0.717, 1.165) is 37.0 Å². The third-order valence-electron chi connectivity index (χ3n) is 4.89. The molecule has 0 fully saturated rings. The second kappa shape index (κ2) is 7.34. The van der Waals surface area contributed by atoms with Crippen molar-refractivity contribution in [3.63, 3.8) is 0 Å². The lowest BCUT2D eigenvalue weighted by atomic mass is 9.89. The highest BCUT2D eigenvalue weighted by Gasteiger charge is 2.25. The van der Waals surface area contributed by atoms with Crippen molar-refractivity contribution in [1.82, 2.24) is 0 Å². The lowest BCUT2D eigenvalue weighted by Gasteiger charge is -2.28. The van der Waals surface area contributed by atoms with Crippen molar-refractivity contribution in [2.75, 3.05) is 0 Å². The van der Waals surface area contributed by atoms with Gasteiger partial charge in [0.05, 0.1) is 6.10 Å². The molecule has 0 radical (unpaired) electrons. The Kier molecular flexibility index (Phi) is 5.35. The van der Waals surface area contributed by atoms with Gasteiger partial charge < -0.3 is 9.53 Å². The van der Waals surface area contributed by atoms with Crippen LogP contribution in [0.2, 0.25) is 19.6 Å². The van der Waals surface area contributed by atoms with Gasteiger partial charge in [0, 0.05) is 5.56 Å². The first-order valence-electron chi connectivity index (χ1n) is 9.47. The van der Waals surface area contributed by atoms with Crippen molar-refractivity contribution in [2.24, 2.45) is 0 Å². The fraction of sp³-hybridized carbons (Fsp3) is 0.455. The van der Waals surface area contributed by atoms with E-state index >= 15 is 0 Å². The molecule has 2 aromatic rings. The Balaban J connectivity index is 2.12. The Morgan fingerprint density at radius 2 is 1.40 bits per heavy atom. The highest BCUT2D eigenvalue weighted by atomic mass is 28.4. The fourth-order valence-electron chi connectivity index (χ4n) is 3.53. The van der Waals surface area contributed by atoms with Crippen molar-refractivity contribution in [2.45, 2.75) is 64.8 Å². The van der Waals surface area contributed by atoms with E-state index in [1.807, 2.05) is 6.92 Å². The molecule has 0 amide bonds. The molecule has 25 heavy (non-hydrogen) atoms. The van der Waals surface area contributed by atoms with Crippen LogP contribution in [0.3, 0.4) is 0 Å². The monoisotopic (exact) mass is 354 g/mol. The maximum atomic E-state index is 10.8. The first kappa shape index (κ1) is 18.2. The van der Waals surface area contributed by atoms with Crippen LogP contribution in [0.1, 0.15) is 47.3 Å². The summed E-state index contributed by atoms with van der Waals surface area (Å²) in [5.74, 6) is 0.973. The average molecular weight is 355 g/mol. The molecule has 2 nitrogen and oxygen atoms in total. The normalized spacial score (nSPS) is 15.6. The molecule has 0 heterocycles. The zero-order valence-electron chi connectivity index (χ0n) is 15.9. The first-order valence-corrected chi connectivity index (χ1v) is 12.9. The van der Waals surface area contributed by atoms with Crippen molar-refractivity contribution in [3.05, 3.63) is 64.2 Å². The lowest BCUT2D eigenvalue weighted by molar-refractivity contribution is 0.170. The van der Waals surface area contributed by atoms with Gasteiger partial charge in [-0.2, -0.15) is 0 Å². The van der Waals surface area contributed by atoms with E-state index < -0.39 is 14.4 Å². The summed E-state index contributed by atoms with van der Waals surface area (Å²) < 4.78 is 6.53. The van der Waals surface area contributed by atoms with E-state index in [1.54, 1.807) is 0 Å². The number of hydrogen-bond donors (Lipinski definition) is 1. The molecule has 3 heteroatoms. The molecule has 6 rings (SSSR count). The molecule has 4 aliphatic rings. The van der Waals surface area contributed by atoms with E-state index in [4.69, 9.17) is 4.43 Å².